The number of carbonyl (C=O) groups excluding carboxylic acids is 2. The maximum Gasteiger partial charge on any atom is 0.319 e. The first-order chi connectivity index (χ1) is 9.96. The molecule has 0 atom stereocenters. The molecular weight excluding hydrogens is 315 g/mol. The molecule has 0 saturated heterocycles. The molecule has 0 aliphatic carbocycles. The van der Waals surface area contributed by atoms with E-state index in [4.69, 9.17) is 23.2 Å². The van der Waals surface area contributed by atoms with Crippen molar-refractivity contribution in [3.63, 3.8) is 0 Å². The van der Waals surface area contributed by atoms with Gasteiger partial charge in [0, 0.05) is 5.02 Å². The van der Waals surface area contributed by atoms with E-state index in [-0.39, 0.29) is 25.0 Å². The maximum atomic E-state index is 12.0. The van der Waals surface area contributed by atoms with Crippen LogP contribution in [-0.2, 0) is 14.3 Å². The average molecular weight is 333 g/mol. The normalized spacial score (nSPS) is 10.5. The van der Waals surface area contributed by atoms with Gasteiger partial charge in [0.05, 0.1) is 30.9 Å². The molecule has 1 N–H and O–H groups in total. The number of carbonyl (C=O) groups is 2. The van der Waals surface area contributed by atoms with Gasteiger partial charge < -0.3 is 10.1 Å². The molecule has 1 aromatic carbocycles. The van der Waals surface area contributed by atoms with Crippen LogP contribution in [0.4, 0.5) is 5.69 Å². The average Bonchev–Trinajstić information content (AvgIpc) is 2.42. The smallest absolute Gasteiger partial charge is 0.319 e. The Hall–Kier alpha value is -1.30. The van der Waals surface area contributed by atoms with Crippen molar-refractivity contribution < 1.29 is 14.3 Å². The van der Waals surface area contributed by atoms with Crippen molar-refractivity contribution in [2.45, 2.75) is 13.3 Å². The van der Waals surface area contributed by atoms with Gasteiger partial charge in [-0.15, -0.1) is 0 Å². The molecule has 0 unspecified atom stereocenters. The molecule has 0 aromatic heterocycles. The number of ether oxygens (including phenoxy) is 1. The molecule has 0 fully saturated rings. The highest BCUT2D eigenvalue weighted by atomic mass is 35.5. The second kappa shape index (κ2) is 8.87. The molecule has 0 heterocycles. The van der Waals surface area contributed by atoms with Crippen molar-refractivity contribution in [1.29, 1.82) is 0 Å². The lowest BCUT2D eigenvalue weighted by molar-refractivity contribution is -0.142. The molecule has 7 heteroatoms. The zero-order chi connectivity index (χ0) is 15.8. The van der Waals surface area contributed by atoms with Crippen LogP contribution in [0.1, 0.15) is 13.3 Å². The monoisotopic (exact) mass is 332 g/mol. The van der Waals surface area contributed by atoms with Gasteiger partial charge in [0.15, 0.2) is 0 Å². The first kappa shape index (κ1) is 17.8. The van der Waals surface area contributed by atoms with E-state index in [0.29, 0.717) is 22.3 Å². The summed E-state index contributed by atoms with van der Waals surface area (Å²) >= 11 is 11.8. The maximum absolute atomic E-state index is 12.0. The summed E-state index contributed by atoms with van der Waals surface area (Å²) in [5, 5.41) is 3.57. The highest BCUT2D eigenvalue weighted by Gasteiger charge is 2.15. The summed E-state index contributed by atoms with van der Waals surface area (Å²) in [5.74, 6) is -0.645. The van der Waals surface area contributed by atoms with Crippen LogP contribution in [0.2, 0.25) is 10.0 Å². The number of anilines is 1. The van der Waals surface area contributed by atoms with Crippen LogP contribution in [0.15, 0.2) is 18.2 Å². The predicted molar refractivity (Wildman–Crippen MR) is 83.8 cm³/mol. The van der Waals surface area contributed by atoms with Gasteiger partial charge in [-0.05, 0) is 31.2 Å². The summed E-state index contributed by atoms with van der Waals surface area (Å²) in [6.07, 6.45) is 0.822. The number of benzene rings is 1. The summed E-state index contributed by atoms with van der Waals surface area (Å²) in [6.45, 7) is 2.73. The number of hydrogen-bond donors (Lipinski definition) is 1. The molecule has 21 heavy (non-hydrogen) atoms. The van der Waals surface area contributed by atoms with Crippen molar-refractivity contribution in [2.24, 2.45) is 0 Å². The Balaban J connectivity index is 2.64. The number of halogens is 2. The number of amides is 1. The molecule has 0 radical (unpaired) electrons. The first-order valence-electron chi connectivity index (χ1n) is 6.50. The van der Waals surface area contributed by atoms with E-state index in [2.05, 4.69) is 10.1 Å². The Morgan fingerprint density at radius 3 is 2.62 bits per heavy atom. The van der Waals surface area contributed by atoms with Gasteiger partial charge in [-0.25, -0.2) is 0 Å². The number of nitrogens with one attached hydrogen (secondary N) is 1. The molecule has 0 aliphatic heterocycles. The molecular formula is C14H18Cl2N2O3. The lowest BCUT2D eigenvalue weighted by atomic mass is 10.3. The van der Waals surface area contributed by atoms with Crippen LogP contribution in [-0.4, -0.2) is 43.5 Å². The molecule has 116 valence electrons. The molecule has 0 bridgehead atoms. The van der Waals surface area contributed by atoms with Crippen molar-refractivity contribution in [1.82, 2.24) is 4.90 Å². The lowest BCUT2D eigenvalue weighted by Crippen LogP contribution is -2.37. The Kier molecular flexibility index (Phi) is 7.50. The SMILES string of the molecule is CCCN(CC(=O)Nc1cc(Cl)ccc1Cl)CC(=O)OC. The van der Waals surface area contributed by atoms with Crippen LogP contribution < -0.4 is 5.32 Å². The van der Waals surface area contributed by atoms with E-state index >= 15 is 0 Å². The number of esters is 1. The number of nitrogens with zero attached hydrogens (tertiary/aromatic N) is 1. The zero-order valence-electron chi connectivity index (χ0n) is 12.0. The molecule has 1 amide bonds. The summed E-state index contributed by atoms with van der Waals surface area (Å²) in [5.41, 5.74) is 0.448. The molecule has 5 nitrogen and oxygen atoms in total. The summed E-state index contributed by atoms with van der Waals surface area (Å²) in [4.78, 5) is 25.0. The molecule has 0 spiro atoms. The Morgan fingerprint density at radius 1 is 1.29 bits per heavy atom. The third-order valence-electron chi connectivity index (χ3n) is 2.69. The van der Waals surface area contributed by atoms with Gasteiger partial charge in [-0.1, -0.05) is 30.1 Å². The fraction of sp³-hybridized carbons (Fsp3) is 0.429. The minimum absolute atomic E-state index is 0.0705. The van der Waals surface area contributed by atoms with E-state index in [1.54, 1.807) is 23.1 Å². The second-order valence-electron chi connectivity index (χ2n) is 4.46. The summed E-state index contributed by atoms with van der Waals surface area (Å²) in [7, 11) is 1.32. The predicted octanol–water partition coefficient (Wildman–Crippen LogP) is 2.82. The van der Waals surface area contributed by atoms with Crippen molar-refractivity contribution in [3.05, 3.63) is 28.2 Å². The third kappa shape index (κ3) is 6.33. The van der Waals surface area contributed by atoms with Gasteiger partial charge in [0.25, 0.3) is 0 Å². The molecule has 1 aromatic rings. The van der Waals surface area contributed by atoms with Crippen molar-refractivity contribution in [2.75, 3.05) is 32.1 Å². The third-order valence-corrected chi connectivity index (χ3v) is 3.25. The minimum atomic E-state index is -0.378. The topological polar surface area (TPSA) is 58.6 Å². The van der Waals surface area contributed by atoms with Crippen LogP contribution >= 0.6 is 23.2 Å². The first-order valence-corrected chi connectivity index (χ1v) is 7.26. The fourth-order valence-electron chi connectivity index (χ4n) is 1.76. The van der Waals surface area contributed by atoms with Gasteiger partial charge in [-0.2, -0.15) is 0 Å². The van der Waals surface area contributed by atoms with Gasteiger partial charge in [-0.3, -0.25) is 14.5 Å². The minimum Gasteiger partial charge on any atom is -0.468 e. The van der Waals surface area contributed by atoms with Crippen molar-refractivity contribution >= 4 is 40.8 Å². The van der Waals surface area contributed by atoms with Crippen molar-refractivity contribution in [3.8, 4) is 0 Å². The van der Waals surface area contributed by atoms with E-state index in [9.17, 15) is 9.59 Å². The molecule has 0 saturated carbocycles. The van der Waals surface area contributed by atoms with Crippen LogP contribution in [0, 0.1) is 0 Å². The lowest BCUT2D eigenvalue weighted by Gasteiger charge is -2.19. The fourth-order valence-corrected chi connectivity index (χ4v) is 2.10. The largest absolute Gasteiger partial charge is 0.468 e. The highest BCUT2D eigenvalue weighted by Crippen LogP contribution is 2.25. The number of rotatable bonds is 7. The van der Waals surface area contributed by atoms with E-state index < -0.39 is 0 Å². The number of methoxy groups -OCH3 is 1. The second-order valence-corrected chi connectivity index (χ2v) is 5.30. The van der Waals surface area contributed by atoms with E-state index in [1.165, 1.54) is 7.11 Å². The Bertz CT molecular complexity index is 509. The standard InChI is InChI=1S/C14H18Cl2N2O3/c1-3-6-18(9-14(20)21-2)8-13(19)17-12-7-10(15)4-5-11(12)16/h4-5,7H,3,6,8-9H2,1-2H3,(H,17,19). The Labute approximate surface area is 134 Å². The zero-order valence-corrected chi connectivity index (χ0v) is 13.5. The highest BCUT2D eigenvalue weighted by molar-refractivity contribution is 6.35. The molecule has 1 rings (SSSR count). The van der Waals surface area contributed by atoms with Gasteiger partial charge >= 0.3 is 5.97 Å². The van der Waals surface area contributed by atoms with E-state index in [0.717, 1.165) is 6.42 Å². The van der Waals surface area contributed by atoms with Crippen LogP contribution in [0.25, 0.3) is 0 Å². The molecule has 0 aliphatic rings. The van der Waals surface area contributed by atoms with Crippen LogP contribution in [0.5, 0.6) is 0 Å². The van der Waals surface area contributed by atoms with Gasteiger partial charge in [0.2, 0.25) is 5.91 Å². The van der Waals surface area contributed by atoms with Gasteiger partial charge in [0.1, 0.15) is 0 Å². The summed E-state index contributed by atoms with van der Waals surface area (Å²) in [6, 6.07) is 4.82. The Morgan fingerprint density at radius 2 is 2.00 bits per heavy atom. The quantitative estimate of drug-likeness (QED) is 0.780. The summed E-state index contributed by atoms with van der Waals surface area (Å²) < 4.78 is 4.61. The van der Waals surface area contributed by atoms with Crippen LogP contribution in [0.3, 0.4) is 0 Å². The number of hydrogen-bond acceptors (Lipinski definition) is 4. The van der Waals surface area contributed by atoms with E-state index in [1.807, 2.05) is 6.92 Å².